The minimum absolute atomic E-state index is 0.417. The monoisotopic (exact) mass is 300 g/mol. The largest absolute Gasteiger partial charge is 0.389 e. The van der Waals surface area contributed by atoms with Gasteiger partial charge >= 0.3 is 0 Å². The van der Waals surface area contributed by atoms with E-state index in [2.05, 4.69) is 4.98 Å². The van der Waals surface area contributed by atoms with Gasteiger partial charge in [-0.3, -0.25) is 0 Å². The van der Waals surface area contributed by atoms with Crippen LogP contribution in [0.2, 0.25) is 0 Å². The summed E-state index contributed by atoms with van der Waals surface area (Å²) in [7, 11) is 0. The summed E-state index contributed by atoms with van der Waals surface area (Å²) in [6.07, 6.45) is 6.89. The first kappa shape index (κ1) is 14.2. The third kappa shape index (κ3) is 2.77. The minimum Gasteiger partial charge on any atom is -0.389 e. The van der Waals surface area contributed by atoms with Crippen molar-refractivity contribution in [1.82, 2.24) is 9.55 Å². The van der Waals surface area contributed by atoms with Gasteiger partial charge in [0.25, 0.3) is 0 Å². The average molecular weight is 300 g/mol. The lowest BCUT2D eigenvalue weighted by molar-refractivity contribution is 0.00622. The van der Waals surface area contributed by atoms with Crippen LogP contribution in [0.25, 0.3) is 11.0 Å². The molecule has 2 fully saturated rings. The molecular weight excluding hydrogens is 276 g/mol. The topological polar surface area (TPSA) is 47.3 Å². The van der Waals surface area contributed by atoms with Gasteiger partial charge in [-0.15, -0.1) is 0 Å². The summed E-state index contributed by atoms with van der Waals surface area (Å²) in [4.78, 5) is 4.35. The van der Waals surface area contributed by atoms with Crippen LogP contribution in [-0.4, -0.2) is 34.0 Å². The Morgan fingerprint density at radius 2 is 2.18 bits per heavy atom. The maximum atomic E-state index is 10.2. The highest BCUT2D eigenvalue weighted by atomic mass is 16.5. The molecule has 1 aromatic heterocycles. The fraction of sp³-hybridized carbons (Fsp3) is 0.611. The zero-order valence-electron chi connectivity index (χ0n) is 12.9. The fourth-order valence-corrected chi connectivity index (χ4v) is 4.37. The number of ether oxygens (including phenoxy) is 1. The Labute approximate surface area is 131 Å². The van der Waals surface area contributed by atoms with Crippen molar-refractivity contribution in [3.8, 4) is 0 Å². The number of para-hydroxylation sites is 2. The third-order valence-electron chi connectivity index (χ3n) is 5.46. The van der Waals surface area contributed by atoms with E-state index < -0.39 is 6.10 Å². The second-order valence-corrected chi connectivity index (χ2v) is 7.01. The molecule has 0 saturated heterocycles. The summed E-state index contributed by atoms with van der Waals surface area (Å²) in [6.45, 7) is 1.78. The molecule has 4 nitrogen and oxygen atoms in total. The van der Waals surface area contributed by atoms with Crippen LogP contribution in [0.15, 0.2) is 30.6 Å². The molecule has 0 aliphatic heterocycles. The number of hydrogen-bond acceptors (Lipinski definition) is 3. The van der Waals surface area contributed by atoms with Crippen molar-refractivity contribution in [3.63, 3.8) is 0 Å². The number of imidazole rings is 1. The standard InChI is InChI=1S/C18H24N2O2/c21-16(9-20-12-19-17-3-1-2-4-18(17)20)11-22-10-15-8-13-5-6-14(15)7-13/h1-4,12-16,21H,5-11H2/t13-,14-,15-,16-/m0/s1. The van der Waals surface area contributed by atoms with Crippen molar-refractivity contribution in [2.24, 2.45) is 17.8 Å². The van der Waals surface area contributed by atoms with Gasteiger partial charge in [0.05, 0.1) is 36.6 Å². The lowest BCUT2D eigenvalue weighted by atomic mass is 9.90. The van der Waals surface area contributed by atoms with Crippen molar-refractivity contribution in [2.75, 3.05) is 13.2 Å². The molecule has 0 radical (unpaired) electrons. The van der Waals surface area contributed by atoms with Gasteiger partial charge in [-0.05, 0) is 49.1 Å². The van der Waals surface area contributed by atoms with Crippen molar-refractivity contribution in [1.29, 1.82) is 0 Å². The average Bonchev–Trinajstić information content (AvgIpc) is 3.23. The Kier molecular flexibility index (Phi) is 3.89. The van der Waals surface area contributed by atoms with Gasteiger partial charge in [0.1, 0.15) is 0 Å². The van der Waals surface area contributed by atoms with Crippen LogP contribution < -0.4 is 0 Å². The first-order valence-corrected chi connectivity index (χ1v) is 8.45. The van der Waals surface area contributed by atoms with Gasteiger partial charge in [-0.25, -0.2) is 4.98 Å². The van der Waals surface area contributed by atoms with E-state index in [1.807, 2.05) is 28.8 Å². The van der Waals surface area contributed by atoms with Gasteiger partial charge in [0, 0.05) is 6.61 Å². The fourth-order valence-electron chi connectivity index (χ4n) is 4.37. The van der Waals surface area contributed by atoms with Gasteiger partial charge < -0.3 is 14.4 Å². The zero-order valence-corrected chi connectivity index (χ0v) is 12.9. The molecule has 4 heteroatoms. The Morgan fingerprint density at radius 3 is 3.00 bits per heavy atom. The molecule has 1 N–H and O–H groups in total. The molecule has 1 aromatic carbocycles. The van der Waals surface area contributed by atoms with E-state index in [0.717, 1.165) is 35.4 Å². The molecule has 0 amide bonds. The Morgan fingerprint density at radius 1 is 1.27 bits per heavy atom. The van der Waals surface area contributed by atoms with Crippen LogP contribution in [0.4, 0.5) is 0 Å². The number of rotatable bonds is 6. The molecule has 22 heavy (non-hydrogen) atoms. The Balaban J connectivity index is 1.27. The van der Waals surface area contributed by atoms with E-state index in [1.165, 1.54) is 25.7 Å². The number of aliphatic hydroxyl groups is 1. The maximum Gasteiger partial charge on any atom is 0.0959 e. The number of benzene rings is 1. The highest BCUT2D eigenvalue weighted by Crippen LogP contribution is 2.48. The van der Waals surface area contributed by atoms with Gasteiger partial charge in [-0.1, -0.05) is 18.6 Å². The van der Waals surface area contributed by atoms with Crippen LogP contribution in [0.1, 0.15) is 25.7 Å². The van der Waals surface area contributed by atoms with E-state index in [1.54, 1.807) is 6.33 Å². The minimum atomic E-state index is -0.476. The molecule has 0 unspecified atom stereocenters. The second-order valence-electron chi connectivity index (χ2n) is 7.01. The molecule has 2 aliphatic rings. The number of aromatic nitrogens is 2. The predicted molar refractivity (Wildman–Crippen MR) is 85.5 cm³/mol. The van der Waals surface area contributed by atoms with Gasteiger partial charge in [-0.2, -0.15) is 0 Å². The summed E-state index contributed by atoms with van der Waals surface area (Å²) in [6, 6.07) is 8.00. The van der Waals surface area contributed by atoms with Crippen molar-refractivity contribution >= 4 is 11.0 Å². The molecule has 4 atom stereocenters. The summed E-state index contributed by atoms with van der Waals surface area (Å²) in [5.41, 5.74) is 2.03. The van der Waals surface area contributed by atoms with Crippen molar-refractivity contribution in [2.45, 2.75) is 38.3 Å². The SMILES string of the molecule is O[C@H](COC[C@@H]1C[C@H]2CC[C@H]1C2)Cn1cnc2ccccc21. The Hall–Kier alpha value is -1.39. The van der Waals surface area contributed by atoms with E-state index in [-0.39, 0.29) is 0 Å². The quantitative estimate of drug-likeness (QED) is 0.892. The smallest absolute Gasteiger partial charge is 0.0959 e. The first-order valence-electron chi connectivity index (χ1n) is 8.45. The summed E-state index contributed by atoms with van der Waals surface area (Å²) < 4.78 is 7.81. The molecule has 1 heterocycles. The third-order valence-corrected chi connectivity index (χ3v) is 5.46. The Bertz CT molecular complexity index is 639. The number of nitrogens with zero attached hydrogens (tertiary/aromatic N) is 2. The predicted octanol–water partition coefficient (Wildman–Crippen LogP) is 2.85. The maximum absolute atomic E-state index is 10.2. The molecule has 2 bridgehead atoms. The molecule has 2 aliphatic carbocycles. The summed E-state index contributed by atoms with van der Waals surface area (Å²) in [5, 5.41) is 10.2. The molecule has 2 aromatic rings. The van der Waals surface area contributed by atoms with E-state index in [0.29, 0.717) is 13.2 Å². The lowest BCUT2D eigenvalue weighted by Gasteiger charge is -2.22. The van der Waals surface area contributed by atoms with Crippen LogP contribution in [0.3, 0.4) is 0 Å². The number of fused-ring (bicyclic) bond motifs is 3. The van der Waals surface area contributed by atoms with E-state index >= 15 is 0 Å². The van der Waals surface area contributed by atoms with Crippen LogP contribution in [-0.2, 0) is 11.3 Å². The highest BCUT2D eigenvalue weighted by molar-refractivity contribution is 5.74. The summed E-state index contributed by atoms with van der Waals surface area (Å²) in [5.74, 6) is 2.58. The second kappa shape index (κ2) is 6.01. The molecule has 118 valence electrons. The number of hydrogen-bond donors (Lipinski definition) is 1. The van der Waals surface area contributed by atoms with Crippen molar-refractivity contribution in [3.05, 3.63) is 30.6 Å². The zero-order chi connectivity index (χ0) is 14.9. The van der Waals surface area contributed by atoms with E-state index in [9.17, 15) is 5.11 Å². The normalized spacial score (nSPS) is 28.5. The van der Waals surface area contributed by atoms with Crippen molar-refractivity contribution < 1.29 is 9.84 Å². The molecule has 0 spiro atoms. The van der Waals surface area contributed by atoms with Crippen LogP contribution >= 0.6 is 0 Å². The lowest BCUT2D eigenvalue weighted by Crippen LogP contribution is -2.24. The first-order chi connectivity index (χ1) is 10.8. The molecule has 4 rings (SSSR count). The van der Waals surface area contributed by atoms with E-state index in [4.69, 9.17) is 4.74 Å². The van der Waals surface area contributed by atoms with Gasteiger partial charge in [0.2, 0.25) is 0 Å². The number of aliphatic hydroxyl groups excluding tert-OH is 1. The van der Waals surface area contributed by atoms with Crippen LogP contribution in [0.5, 0.6) is 0 Å². The summed E-state index contributed by atoms with van der Waals surface area (Å²) >= 11 is 0. The molecule has 2 saturated carbocycles. The van der Waals surface area contributed by atoms with Gasteiger partial charge in [0.15, 0.2) is 0 Å². The van der Waals surface area contributed by atoms with Crippen LogP contribution in [0, 0.1) is 17.8 Å². The highest BCUT2D eigenvalue weighted by Gasteiger charge is 2.39. The molecular formula is C18H24N2O2.